The zero-order chi connectivity index (χ0) is 18.4. The van der Waals surface area contributed by atoms with Crippen molar-refractivity contribution < 1.29 is 25.0 Å². The van der Waals surface area contributed by atoms with E-state index >= 15 is 0 Å². The number of ether oxygens (including phenoxy) is 2. The summed E-state index contributed by atoms with van der Waals surface area (Å²) < 4.78 is 10.3. The Balaban J connectivity index is 1.98. The Hall–Kier alpha value is -2.08. The largest absolute Gasteiger partial charge is 0.497 e. The average molecular weight is 346 g/mol. The Bertz CT molecular complexity index is 584. The number of quaternary nitrogens is 1. The summed E-state index contributed by atoms with van der Waals surface area (Å²) in [6.07, 6.45) is -1.26. The van der Waals surface area contributed by atoms with Crippen molar-refractivity contribution in [3.63, 3.8) is 0 Å². The number of hydrogen-bond acceptors (Lipinski definition) is 4. The van der Waals surface area contributed by atoms with Gasteiger partial charge in [-0.1, -0.05) is 24.3 Å². The number of rotatable bonds is 8. The highest BCUT2D eigenvalue weighted by Crippen LogP contribution is 2.21. The van der Waals surface area contributed by atoms with Crippen LogP contribution in [0.1, 0.15) is 37.2 Å². The molecule has 25 heavy (non-hydrogen) atoms. The van der Waals surface area contributed by atoms with Gasteiger partial charge in [0.25, 0.3) is 0 Å². The van der Waals surface area contributed by atoms with Crippen molar-refractivity contribution >= 4 is 0 Å². The first-order valence-electron chi connectivity index (χ1n) is 8.45. The van der Waals surface area contributed by atoms with Crippen LogP contribution >= 0.6 is 0 Å². The van der Waals surface area contributed by atoms with Crippen LogP contribution in [-0.4, -0.2) is 36.5 Å². The summed E-state index contributed by atoms with van der Waals surface area (Å²) in [5, 5.41) is 23.1. The highest BCUT2D eigenvalue weighted by atomic mass is 16.5. The van der Waals surface area contributed by atoms with E-state index in [0.29, 0.717) is 0 Å². The van der Waals surface area contributed by atoms with Gasteiger partial charge in [0.05, 0.1) is 14.2 Å². The first-order chi connectivity index (χ1) is 12.0. The van der Waals surface area contributed by atoms with Crippen LogP contribution in [0.2, 0.25) is 0 Å². The third-order valence-electron chi connectivity index (χ3n) is 4.52. The summed E-state index contributed by atoms with van der Waals surface area (Å²) >= 11 is 0. The number of aliphatic hydroxyl groups is 2. The predicted molar refractivity (Wildman–Crippen MR) is 96.8 cm³/mol. The quantitative estimate of drug-likeness (QED) is 0.681. The van der Waals surface area contributed by atoms with Crippen molar-refractivity contribution in [1.29, 1.82) is 0 Å². The molecule has 5 nitrogen and oxygen atoms in total. The van der Waals surface area contributed by atoms with Gasteiger partial charge in [-0.25, -0.2) is 0 Å². The van der Waals surface area contributed by atoms with Gasteiger partial charge in [0.2, 0.25) is 0 Å². The smallest absolute Gasteiger partial charge is 0.130 e. The minimum absolute atomic E-state index is 0.101. The van der Waals surface area contributed by atoms with Crippen LogP contribution in [0.15, 0.2) is 48.5 Å². The molecule has 0 saturated carbocycles. The Morgan fingerprint density at radius 2 is 1.00 bits per heavy atom. The van der Waals surface area contributed by atoms with Crippen LogP contribution in [0.5, 0.6) is 11.5 Å². The lowest BCUT2D eigenvalue weighted by atomic mass is 9.99. The second-order valence-corrected chi connectivity index (χ2v) is 6.35. The molecule has 0 saturated heterocycles. The summed E-state index contributed by atoms with van der Waals surface area (Å²) in [5.74, 6) is 1.52. The molecule has 136 valence electrons. The van der Waals surface area contributed by atoms with Crippen molar-refractivity contribution in [1.82, 2.24) is 0 Å². The van der Waals surface area contributed by atoms with E-state index in [4.69, 9.17) is 9.47 Å². The minimum atomic E-state index is -0.628. The molecule has 2 rings (SSSR count). The molecule has 4 N–H and O–H groups in total. The molecule has 0 unspecified atom stereocenters. The summed E-state index contributed by atoms with van der Waals surface area (Å²) in [5.41, 5.74) is 1.66. The van der Waals surface area contributed by atoms with E-state index in [1.165, 1.54) is 0 Å². The average Bonchev–Trinajstić information content (AvgIpc) is 2.66. The van der Waals surface area contributed by atoms with E-state index in [1.807, 2.05) is 67.7 Å². The molecule has 5 heteroatoms. The molecule has 0 aliphatic carbocycles. The summed E-state index contributed by atoms with van der Waals surface area (Å²) in [4.78, 5) is 0. The molecular weight excluding hydrogens is 318 g/mol. The van der Waals surface area contributed by atoms with Gasteiger partial charge in [-0.05, 0) is 49.2 Å². The number of methoxy groups -OCH3 is 2. The fraction of sp³-hybridized carbons (Fsp3) is 0.400. The van der Waals surface area contributed by atoms with Crippen molar-refractivity contribution in [3.05, 3.63) is 59.7 Å². The van der Waals surface area contributed by atoms with Crippen molar-refractivity contribution in [2.45, 2.75) is 38.1 Å². The highest BCUT2D eigenvalue weighted by Gasteiger charge is 2.26. The first-order valence-corrected chi connectivity index (χ1v) is 8.45. The number of benzene rings is 2. The molecule has 0 aliphatic rings. The zero-order valence-electron chi connectivity index (χ0n) is 15.2. The van der Waals surface area contributed by atoms with Gasteiger partial charge >= 0.3 is 0 Å². The van der Waals surface area contributed by atoms with Crippen LogP contribution in [0.4, 0.5) is 0 Å². The maximum atomic E-state index is 10.6. The lowest BCUT2D eigenvalue weighted by Crippen LogP contribution is -2.95. The molecule has 0 aromatic heterocycles. The molecule has 0 radical (unpaired) electrons. The maximum absolute atomic E-state index is 10.6. The molecular formula is C20H28NO4+. The first kappa shape index (κ1) is 19.2. The van der Waals surface area contributed by atoms with Gasteiger partial charge in [0, 0.05) is 0 Å². The van der Waals surface area contributed by atoms with Gasteiger partial charge in [-0.2, -0.15) is 0 Å². The van der Waals surface area contributed by atoms with E-state index < -0.39 is 12.2 Å². The molecule has 0 heterocycles. The SMILES string of the molecule is COc1ccc([C@@H](O)[C@H](C)[NH2+][C@@H](C)[C@H](O)c2ccc(OC)cc2)cc1. The second kappa shape index (κ2) is 8.85. The molecule has 0 amide bonds. The van der Waals surface area contributed by atoms with E-state index in [1.54, 1.807) is 14.2 Å². The lowest BCUT2D eigenvalue weighted by molar-refractivity contribution is -0.730. The highest BCUT2D eigenvalue weighted by molar-refractivity contribution is 5.29. The predicted octanol–water partition coefficient (Wildman–Crippen LogP) is 1.81. The van der Waals surface area contributed by atoms with Crippen LogP contribution in [-0.2, 0) is 0 Å². The van der Waals surface area contributed by atoms with Crippen LogP contribution in [0.25, 0.3) is 0 Å². The van der Waals surface area contributed by atoms with Crippen LogP contribution < -0.4 is 14.8 Å². The number of hydrogen-bond donors (Lipinski definition) is 3. The second-order valence-electron chi connectivity index (χ2n) is 6.35. The Labute approximate surface area is 149 Å². The summed E-state index contributed by atoms with van der Waals surface area (Å²) in [7, 11) is 3.23. The topological polar surface area (TPSA) is 75.5 Å². The van der Waals surface area contributed by atoms with Crippen molar-refractivity contribution in [3.8, 4) is 11.5 Å². The third-order valence-corrected chi connectivity index (χ3v) is 4.52. The number of aliphatic hydroxyl groups excluding tert-OH is 2. The minimum Gasteiger partial charge on any atom is -0.497 e. The lowest BCUT2D eigenvalue weighted by Gasteiger charge is -2.25. The third kappa shape index (κ3) is 4.95. The zero-order valence-corrected chi connectivity index (χ0v) is 15.2. The molecule has 0 bridgehead atoms. The molecule has 2 aromatic rings. The standard InChI is InChI=1S/C20H27NO4/c1-13(19(22)15-5-9-17(24-3)10-6-15)21-14(2)20(23)16-7-11-18(25-4)12-8-16/h5-14,19-23H,1-4H3/p+1/t13-,14-,19-,20-/m0/s1. The number of nitrogens with two attached hydrogens (primary N) is 1. The maximum Gasteiger partial charge on any atom is 0.130 e. The van der Waals surface area contributed by atoms with Gasteiger partial charge in [-0.3, -0.25) is 0 Å². The van der Waals surface area contributed by atoms with Gasteiger partial charge in [0.15, 0.2) is 0 Å². The summed E-state index contributed by atoms with van der Waals surface area (Å²) in [6, 6.07) is 14.6. The van der Waals surface area contributed by atoms with Crippen LogP contribution in [0.3, 0.4) is 0 Å². The summed E-state index contributed by atoms with van der Waals surface area (Å²) in [6.45, 7) is 3.90. The van der Waals surface area contributed by atoms with E-state index in [-0.39, 0.29) is 12.1 Å². The monoisotopic (exact) mass is 346 g/mol. The van der Waals surface area contributed by atoms with E-state index in [2.05, 4.69) is 0 Å². The van der Waals surface area contributed by atoms with Crippen molar-refractivity contribution in [2.24, 2.45) is 0 Å². The Morgan fingerprint density at radius 1 is 0.680 bits per heavy atom. The molecule has 0 aliphatic heterocycles. The van der Waals surface area contributed by atoms with Gasteiger partial charge in [0.1, 0.15) is 35.8 Å². The molecule has 0 fully saturated rings. The van der Waals surface area contributed by atoms with Crippen molar-refractivity contribution in [2.75, 3.05) is 14.2 Å². The van der Waals surface area contributed by atoms with Crippen LogP contribution in [0, 0.1) is 0 Å². The van der Waals surface area contributed by atoms with Gasteiger partial charge in [-0.15, -0.1) is 0 Å². The fourth-order valence-electron chi connectivity index (χ4n) is 2.90. The van der Waals surface area contributed by atoms with E-state index in [0.717, 1.165) is 22.6 Å². The molecule has 0 spiro atoms. The Morgan fingerprint density at radius 3 is 1.28 bits per heavy atom. The van der Waals surface area contributed by atoms with Gasteiger partial charge < -0.3 is 25.0 Å². The Kier molecular flexibility index (Phi) is 6.82. The fourth-order valence-corrected chi connectivity index (χ4v) is 2.90. The molecule has 2 aromatic carbocycles. The normalized spacial score (nSPS) is 15.9. The molecule has 4 atom stereocenters. The van der Waals surface area contributed by atoms with E-state index in [9.17, 15) is 10.2 Å².